The van der Waals surface area contributed by atoms with Crippen LogP contribution in [0, 0.1) is 5.82 Å². The van der Waals surface area contributed by atoms with Crippen molar-refractivity contribution in [3.63, 3.8) is 0 Å². The first kappa shape index (κ1) is 20.3. The van der Waals surface area contributed by atoms with E-state index in [-0.39, 0.29) is 36.6 Å². The van der Waals surface area contributed by atoms with Gasteiger partial charge in [0.2, 0.25) is 5.91 Å². The second-order valence-corrected chi connectivity index (χ2v) is 4.28. The fourth-order valence-electron chi connectivity index (χ4n) is 1.52. The van der Waals surface area contributed by atoms with Gasteiger partial charge in [0.05, 0.1) is 13.2 Å². The summed E-state index contributed by atoms with van der Waals surface area (Å²) in [5.41, 5.74) is 0.379. The van der Waals surface area contributed by atoms with E-state index in [1.165, 1.54) is 24.3 Å². The number of amides is 2. The molecule has 0 spiro atoms. The molecular formula is C14H21ClFN3O3. The molecule has 2 amide bonds. The van der Waals surface area contributed by atoms with Crippen LogP contribution in [0.1, 0.15) is 10.4 Å². The minimum Gasteiger partial charge on any atom is -0.383 e. The Morgan fingerprint density at radius 2 is 1.73 bits per heavy atom. The molecule has 22 heavy (non-hydrogen) atoms. The molecule has 1 aromatic rings. The molecule has 0 aliphatic rings. The first-order valence-electron chi connectivity index (χ1n) is 6.63. The minimum absolute atomic E-state index is 0. The van der Waals surface area contributed by atoms with Crippen LogP contribution < -0.4 is 16.0 Å². The van der Waals surface area contributed by atoms with Gasteiger partial charge in [-0.1, -0.05) is 0 Å². The number of ether oxygens (including phenoxy) is 1. The molecule has 0 aliphatic carbocycles. The third kappa shape index (κ3) is 8.56. The van der Waals surface area contributed by atoms with Crippen molar-refractivity contribution >= 4 is 24.2 Å². The highest BCUT2D eigenvalue weighted by molar-refractivity contribution is 5.94. The highest BCUT2D eigenvalue weighted by Gasteiger charge is 2.05. The number of carbonyl (C=O) groups excluding carboxylic acids is 2. The standard InChI is InChI=1S/C14H20FN3O3.ClH/c1-21-9-8-16-10-13(19)17-6-7-18-14(20)11-2-4-12(15)5-3-11;/h2-5,16H,6-10H2,1H3,(H,17,19)(H,18,20);1H. The van der Waals surface area contributed by atoms with Crippen LogP contribution in [0.25, 0.3) is 0 Å². The van der Waals surface area contributed by atoms with E-state index in [4.69, 9.17) is 4.74 Å². The number of carbonyl (C=O) groups is 2. The minimum atomic E-state index is -0.389. The van der Waals surface area contributed by atoms with Crippen LogP contribution in [0.4, 0.5) is 4.39 Å². The van der Waals surface area contributed by atoms with Crippen molar-refractivity contribution in [1.82, 2.24) is 16.0 Å². The lowest BCUT2D eigenvalue weighted by molar-refractivity contribution is -0.120. The molecule has 0 bridgehead atoms. The summed E-state index contributed by atoms with van der Waals surface area (Å²) >= 11 is 0. The lowest BCUT2D eigenvalue weighted by Gasteiger charge is -2.08. The maximum atomic E-state index is 12.7. The van der Waals surface area contributed by atoms with Gasteiger partial charge in [-0.15, -0.1) is 12.4 Å². The average molecular weight is 334 g/mol. The molecule has 0 saturated carbocycles. The SMILES string of the molecule is COCCNCC(=O)NCCNC(=O)c1ccc(F)cc1.Cl. The van der Waals surface area contributed by atoms with E-state index >= 15 is 0 Å². The van der Waals surface area contributed by atoms with Crippen molar-refractivity contribution in [2.24, 2.45) is 0 Å². The quantitative estimate of drug-likeness (QED) is 0.569. The predicted octanol–water partition coefficient (Wildman–Crippen LogP) is 0.330. The maximum Gasteiger partial charge on any atom is 0.251 e. The smallest absolute Gasteiger partial charge is 0.251 e. The van der Waals surface area contributed by atoms with Crippen LogP contribution in [0.3, 0.4) is 0 Å². The van der Waals surface area contributed by atoms with Crippen LogP contribution in [-0.2, 0) is 9.53 Å². The van der Waals surface area contributed by atoms with Crippen LogP contribution in [0.5, 0.6) is 0 Å². The van der Waals surface area contributed by atoms with E-state index in [9.17, 15) is 14.0 Å². The number of methoxy groups -OCH3 is 1. The second kappa shape index (κ2) is 11.9. The maximum absolute atomic E-state index is 12.7. The summed E-state index contributed by atoms with van der Waals surface area (Å²) < 4.78 is 17.5. The van der Waals surface area contributed by atoms with Gasteiger partial charge in [-0.25, -0.2) is 4.39 Å². The van der Waals surface area contributed by atoms with Gasteiger partial charge in [-0.3, -0.25) is 9.59 Å². The molecule has 0 heterocycles. The van der Waals surface area contributed by atoms with Crippen molar-refractivity contribution in [3.05, 3.63) is 35.6 Å². The first-order chi connectivity index (χ1) is 10.1. The molecule has 0 aliphatic heterocycles. The van der Waals surface area contributed by atoms with Crippen LogP contribution in [0.15, 0.2) is 24.3 Å². The molecule has 124 valence electrons. The van der Waals surface area contributed by atoms with E-state index < -0.39 is 0 Å². The normalized spacial score (nSPS) is 9.73. The molecule has 3 N–H and O–H groups in total. The summed E-state index contributed by atoms with van der Waals surface area (Å²) in [4.78, 5) is 23.1. The van der Waals surface area contributed by atoms with Gasteiger partial charge in [0.1, 0.15) is 5.82 Å². The van der Waals surface area contributed by atoms with E-state index in [0.29, 0.717) is 31.8 Å². The molecule has 0 atom stereocenters. The van der Waals surface area contributed by atoms with Crippen molar-refractivity contribution < 1.29 is 18.7 Å². The molecule has 0 fully saturated rings. The predicted molar refractivity (Wildman–Crippen MR) is 83.7 cm³/mol. The summed E-state index contributed by atoms with van der Waals surface area (Å²) in [6.45, 7) is 1.99. The monoisotopic (exact) mass is 333 g/mol. The summed E-state index contributed by atoms with van der Waals surface area (Å²) in [6, 6.07) is 5.26. The Bertz CT molecular complexity index is 457. The van der Waals surface area contributed by atoms with E-state index in [1.807, 2.05) is 0 Å². The fourth-order valence-corrected chi connectivity index (χ4v) is 1.52. The number of nitrogens with one attached hydrogen (secondary N) is 3. The summed E-state index contributed by atoms with van der Waals surface area (Å²) in [5.74, 6) is -0.843. The van der Waals surface area contributed by atoms with Gasteiger partial charge in [-0.05, 0) is 24.3 Å². The van der Waals surface area contributed by atoms with Gasteiger partial charge < -0.3 is 20.7 Å². The number of benzene rings is 1. The van der Waals surface area contributed by atoms with E-state index in [0.717, 1.165) is 0 Å². The third-order valence-electron chi connectivity index (χ3n) is 2.61. The highest BCUT2D eigenvalue weighted by Crippen LogP contribution is 2.01. The van der Waals surface area contributed by atoms with E-state index in [2.05, 4.69) is 16.0 Å². The average Bonchev–Trinajstić information content (AvgIpc) is 2.48. The number of hydrogen-bond acceptors (Lipinski definition) is 4. The van der Waals surface area contributed by atoms with Gasteiger partial charge in [-0.2, -0.15) is 0 Å². The Kier molecular flexibility index (Phi) is 11.0. The lowest BCUT2D eigenvalue weighted by Crippen LogP contribution is -2.39. The third-order valence-corrected chi connectivity index (χ3v) is 2.61. The Morgan fingerprint density at radius 3 is 2.36 bits per heavy atom. The summed E-state index contributed by atoms with van der Waals surface area (Å²) in [6.07, 6.45) is 0. The second-order valence-electron chi connectivity index (χ2n) is 4.28. The topological polar surface area (TPSA) is 79.5 Å². The Balaban J connectivity index is 0.00000441. The van der Waals surface area contributed by atoms with Gasteiger partial charge in [0, 0.05) is 32.3 Å². The largest absolute Gasteiger partial charge is 0.383 e. The number of halogens is 2. The van der Waals surface area contributed by atoms with Crippen molar-refractivity contribution in [2.45, 2.75) is 0 Å². The Morgan fingerprint density at radius 1 is 1.09 bits per heavy atom. The van der Waals surface area contributed by atoms with Crippen molar-refractivity contribution in [3.8, 4) is 0 Å². The zero-order chi connectivity index (χ0) is 15.5. The fraction of sp³-hybridized carbons (Fsp3) is 0.429. The summed E-state index contributed by atoms with van der Waals surface area (Å²) in [5, 5.41) is 8.20. The molecular weight excluding hydrogens is 313 g/mol. The van der Waals surface area contributed by atoms with Crippen LogP contribution >= 0.6 is 12.4 Å². The number of rotatable bonds is 9. The van der Waals surface area contributed by atoms with Gasteiger partial charge >= 0.3 is 0 Å². The zero-order valence-electron chi connectivity index (χ0n) is 12.4. The van der Waals surface area contributed by atoms with Crippen molar-refractivity contribution in [1.29, 1.82) is 0 Å². The van der Waals surface area contributed by atoms with E-state index in [1.54, 1.807) is 7.11 Å². The lowest BCUT2D eigenvalue weighted by atomic mass is 10.2. The molecule has 0 aromatic heterocycles. The highest BCUT2D eigenvalue weighted by atomic mass is 35.5. The number of hydrogen-bond donors (Lipinski definition) is 3. The van der Waals surface area contributed by atoms with Gasteiger partial charge in [0.25, 0.3) is 5.91 Å². The molecule has 1 rings (SSSR count). The molecule has 0 saturated heterocycles. The molecule has 0 unspecified atom stereocenters. The Labute approximate surface area is 135 Å². The van der Waals surface area contributed by atoms with Crippen LogP contribution in [0.2, 0.25) is 0 Å². The molecule has 1 aromatic carbocycles. The summed E-state index contributed by atoms with van der Waals surface area (Å²) in [7, 11) is 1.59. The Hall–Kier alpha value is -1.70. The zero-order valence-corrected chi connectivity index (χ0v) is 13.2. The van der Waals surface area contributed by atoms with Crippen LogP contribution in [-0.4, -0.2) is 51.7 Å². The molecule has 6 nitrogen and oxygen atoms in total. The molecule has 8 heteroatoms. The molecule has 0 radical (unpaired) electrons. The first-order valence-corrected chi connectivity index (χ1v) is 6.63. The van der Waals surface area contributed by atoms with Gasteiger partial charge in [0.15, 0.2) is 0 Å². The van der Waals surface area contributed by atoms with Crippen molar-refractivity contribution in [2.75, 3.05) is 39.9 Å².